The van der Waals surface area contributed by atoms with Crippen LogP contribution in [0.2, 0.25) is 0 Å². The lowest BCUT2D eigenvalue weighted by atomic mass is 9.68. The highest BCUT2D eigenvalue weighted by atomic mass is 16.5. The first kappa shape index (κ1) is 19.6. The molecule has 154 valence electrons. The summed E-state index contributed by atoms with van der Waals surface area (Å²) < 4.78 is 11.0. The van der Waals surface area contributed by atoms with Crippen LogP contribution < -0.4 is 10.1 Å². The molecule has 1 aliphatic heterocycles. The van der Waals surface area contributed by atoms with Gasteiger partial charge in [-0.1, -0.05) is 45.8 Å². The summed E-state index contributed by atoms with van der Waals surface area (Å²) in [4.78, 5) is 13.3. The molecule has 1 aliphatic carbocycles. The number of rotatable bonds is 2. The number of aromatic nitrogens is 1. The molecular formula is C23H28N2O4. The standard InChI is InChI=1S/C23H28N2O4/c1-22(2,3)20-19-17(12-7-8-14(26)16(9-12)28-6)18-13(24-21(19)29-25-20)10-23(4,5)11-15(18)27/h7-9,17,24,26H,10-11H2,1-6H3/t17-/m0/s1. The Bertz CT molecular complexity index is 1020. The Kier molecular flexibility index (Phi) is 4.30. The maximum atomic E-state index is 13.3. The van der Waals surface area contributed by atoms with Crippen LogP contribution in [0.4, 0.5) is 5.88 Å². The highest BCUT2D eigenvalue weighted by molar-refractivity contribution is 6.01. The molecule has 2 N–H and O–H groups in total. The quantitative estimate of drug-likeness (QED) is 0.752. The number of phenolic OH excluding ortho intramolecular Hbond substituents is 1. The third kappa shape index (κ3) is 3.20. The predicted octanol–water partition coefficient (Wildman–Crippen LogP) is 4.89. The van der Waals surface area contributed by atoms with Gasteiger partial charge >= 0.3 is 0 Å². The first-order valence-electron chi connectivity index (χ1n) is 9.92. The maximum Gasteiger partial charge on any atom is 0.233 e. The van der Waals surface area contributed by atoms with Gasteiger partial charge in [-0.2, -0.15) is 0 Å². The maximum absolute atomic E-state index is 13.3. The van der Waals surface area contributed by atoms with Gasteiger partial charge in [-0.25, -0.2) is 0 Å². The number of aromatic hydroxyl groups is 1. The normalized spacial score (nSPS) is 20.8. The second kappa shape index (κ2) is 6.37. The molecule has 0 saturated carbocycles. The Morgan fingerprint density at radius 2 is 2.00 bits per heavy atom. The van der Waals surface area contributed by atoms with Crippen molar-refractivity contribution >= 4 is 11.7 Å². The Morgan fingerprint density at radius 3 is 2.66 bits per heavy atom. The van der Waals surface area contributed by atoms with Gasteiger partial charge in [0.2, 0.25) is 5.88 Å². The molecule has 4 rings (SSSR count). The van der Waals surface area contributed by atoms with Crippen LogP contribution in [0.5, 0.6) is 11.5 Å². The van der Waals surface area contributed by atoms with Crippen molar-refractivity contribution in [1.82, 2.24) is 5.16 Å². The number of hydrogen-bond donors (Lipinski definition) is 2. The second-order valence-corrected chi connectivity index (χ2v) is 9.85. The average molecular weight is 396 g/mol. The van der Waals surface area contributed by atoms with E-state index < -0.39 is 0 Å². The van der Waals surface area contributed by atoms with Gasteiger partial charge in [0.25, 0.3) is 0 Å². The van der Waals surface area contributed by atoms with E-state index in [9.17, 15) is 9.90 Å². The molecule has 2 aromatic rings. The van der Waals surface area contributed by atoms with E-state index in [1.807, 2.05) is 6.07 Å². The lowest BCUT2D eigenvalue weighted by Crippen LogP contribution is -2.34. The van der Waals surface area contributed by atoms with Crippen LogP contribution in [0, 0.1) is 5.41 Å². The van der Waals surface area contributed by atoms with E-state index in [4.69, 9.17) is 9.26 Å². The van der Waals surface area contributed by atoms with Gasteiger partial charge < -0.3 is 19.7 Å². The highest BCUT2D eigenvalue weighted by Crippen LogP contribution is 2.52. The number of allylic oxidation sites excluding steroid dienone is 2. The fourth-order valence-corrected chi connectivity index (χ4v) is 4.47. The summed E-state index contributed by atoms with van der Waals surface area (Å²) in [5.41, 5.74) is 3.86. The number of ketones is 1. The van der Waals surface area contributed by atoms with Crippen molar-refractivity contribution in [2.24, 2.45) is 5.41 Å². The summed E-state index contributed by atoms with van der Waals surface area (Å²) in [6, 6.07) is 5.25. The van der Waals surface area contributed by atoms with Gasteiger partial charge in [-0.05, 0) is 29.5 Å². The van der Waals surface area contributed by atoms with E-state index in [1.54, 1.807) is 12.1 Å². The number of ether oxygens (including phenoxy) is 1. The lowest BCUT2D eigenvalue weighted by molar-refractivity contribution is -0.118. The van der Waals surface area contributed by atoms with Crippen molar-refractivity contribution in [1.29, 1.82) is 0 Å². The van der Waals surface area contributed by atoms with Crippen LogP contribution in [-0.4, -0.2) is 23.2 Å². The van der Waals surface area contributed by atoms with Crippen molar-refractivity contribution in [3.8, 4) is 11.5 Å². The van der Waals surface area contributed by atoms with Crippen LogP contribution in [0.15, 0.2) is 34.0 Å². The molecular weight excluding hydrogens is 368 g/mol. The first-order valence-corrected chi connectivity index (χ1v) is 9.92. The Hall–Kier alpha value is -2.76. The van der Waals surface area contributed by atoms with Crippen molar-refractivity contribution in [2.75, 3.05) is 12.4 Å². The summed E-state index contributed by atoms with van der Waals surface area (Å²) in [5, 5.41) is 17.8. The van der Waals surface area contributed by atoms with Gasteiger partial charge in [0, 0.05) is 29.0 Å². The van der Waals surface area contributed by atoms with Gasteiger partial charge in [0.1, 0.15) is 0 Å². The van der Waals surface area contributed by atoms with Crippen LogP contribution in [0.3, 0.4) is 0 Å². The van der Waals surface area contributed by atoms with Gasteiger partial charge in [-0.3, -0.25) is 4.79 Å². The van der Waals surface area contributed by atoms with E-state index in [1.165, 1.54) is 7.11 Å². The van der Waals surface area contributed by atoms with Gasteiger partial charge in [0.15, 0.2) is 17.3 Å². The summed E-state index contributed by atoms with van der Waals surface area (Å²) in [6.45, 7) is 10.4. The number of hydrogen-bond acceptors (Lipinski definition) is 6. The number of methoxy groups -OCH3 is 1. The van der Waals surface area contributed by atoms with E-state index in [2.05, 4.69) is 45.1 Å². The van der Waals surface area contributed by atoms with E-state index in [-0.39, 0.29) is 28.3 Å². The van der Waals surface area contributed by atoms with Crippen LogP contribution >= 0.6 is 0 Å². The number of carbonyl (C=O) groups is 1. The topological polar surface area (TPSA) is 84.6 Å². The highest BCUT2D eigenvalue weighted by Gasteiger charge is 2.44. The number of nitrogens with one attached hydrogen (secondary N) is 1. The SMILES string of the molecule is COc1cc([C@H]2C3=C(CC(C)(C)CC3=O)Nc3onc(C(C)(C)C)c32)ccc1O. The zero-order valence-corrected chi connectivity index (χ0v) is 17.8. The minimum Gasteiger partial charge on any atom is -0.504 e. The monoisotopic (exact) mass is 396 g/mol. The second-order valence-electron chi connectivity index (χ2n) is 9.85. The molecule has 0 amide bonds. The molecule has 1 aromatic carbocycles. The Balaban J connectivity index is 1.98. The van der Waals surface area contributed by atoms with E-state index in [0.717, 1.165) is 34.5 Å². The lowest BCUT2D eigenvalue weighted by Gasteiger charge is -2.38. The number of phenols is 1. The largest absolute Gasteiger partial charge is 0.504 e. The van der Waals surface area contributed by atoms with E-state index >= 15 is 0 Å². The molecule has 0 unspecified atom stereocenters. The van der Waals surface area contributed by atoms with Gasteiger partial charge in [0.05, 0.1) is 18.4 Å². The number of anilines is 1. The first-order chi connectivity index (χ1) is 13.5. The molecule has 1 aromatic heterocycles. The Morgan fingerprint density at radius 1 is 1.28 bits per heavy atom. The smallest absolute Gasteiger partial charge is 0.233 e. The third-order valence-corrected chi connectivity index (χ3v) is 5.74. The van der Waals surface area contributed by atoms with Crippen LogP contribution in [0.25, 0.3) is 0 Å². The van der Waals surface area contributed by atoms with Crippen molar-refractivity contribution in [3.63, 3.8) is 0 Å². The molecule has 2 aliphatic rings. The molecule has 2 heterocycles. The molecule has 0 saturated heterocycles. The molecule has 0 spiro atoms. The van der Waals surface area contributed by atoms with Crippen molar-refractivity contribution < 1.29 is 19.2 Å². The zero-order valence-electron chi connectivity index (χ0n) is 17.8. The van der Waals surface area contributed by atoms with Crippen molar-refractivity contribution in [3.05, 3.63) is 46.3 Å². The number of Topliss-reactive ketones (excluding diaryl/α,β-unsaturated/α-hetero) is 1. The summed E-state index contributed by atoms with van der Waals surface area (Å²) >= 11 is 0. The minimum atomic E-state index is -0.320. The molecule has 0 fully saturated rings. The van der Waals surface area contributed by atoms with Crippen LogP contribution in [-0.2, 0) is 10.2 Å². The minimum absolute atomic E-state index is 0.0667. The summed E-state index contributed by atoms with van der Waals surface area (Å²) in [5.74, 6) is 0.850. The van der Waals surface area contributed by atoms with Crippen molar-refractivity contribution in [2.45, 2.75) is 58.8 Å². The molecule has 29 heavy (non-hydrogen) atoms. The van der Waals surface area contributed by atoms with Gasteiger partial charge in [-0.15, -0.1) is 0 Å². The number of carbonyl (C=O) groups excluding carboxylic acids is 1. The Labute approximate surface area is 170 Å². The summed E-state index contributed by atoms with van der Waals surface area (Å²) in [6.07, 6.45) is 1.25. The molecule has 0 radical (unpaired) electrons. The molecule has 6 heteroatoms. The summed E-state index contributed by atoms with van der Waals surface area (Å²) in [7, 11) is 1.52. The van der Waals surface area contributed by atoms with E-state index in [0.29, 0.717) is 18.1 Å². The molecule has 1 atom stereocenters. The third-order valence-electron chi connectivity index (χ3n) is 5.74. The predicted molar refractivity (Wildman–Crippen MR) is 110 cm³/mol. The fraction of sp³-hybridized carbons (Fsp3) is 0.478. The number of benzene rings is 1. The zero-order chi connectivity index (χ0) is 21.1. The molecule has 6 nitrogen and oxygen atoms in total. The average Bonchev–Trinajstić information content (AvgIpc) is 3.03. The number of fused-ring (bicyclic) bond motifs is 1. The number of nitrogens with zero attached hydrogens (tertiary/aromatic N) is 1. The molecule has 0 bridgehead atoms. The fourth-order valence-electron chi connectivity index (χ4n) is 4.47. The van der Waals surface area contributed by atoms with Crippen LogP contribution in [0.1, 0.15) is 70.2 Å².